The van der Waals surface area contributed by atoms with Crippen LogP contribution >= 0.6 is 23.8 Å². The summed E-state index contributed by atoms with van der Waals surface area (Å²) in [5.74, 6) is 0. The van der Waals surface area contributed by atoms with Crippen molar-refractivity contribution in [1.82, 2.24) is 0 Å². The van der Waals surface area contributed by atoms with Crippen molar-refractivity contribution in [2.24, 2.45) is 5.73 Å². The number of hydrogen-bond donors (Lipinski definition) is 2. The zero-order valence-corrected chi connectivity index (χ0v) is 11.9. The van der Waals surface area contributed by atoms with E-state index in [0.29, 0.717) is 10.0 Å². The summed E-state index contributed by atoms with van der Waals surface area (Å²) in [4.78, 5) is 0.356. The van der Waals surface area contributed by atoms with Crippen molar-refractivity contribution in [3.8, 4) is 0 Å². The molecule has 1 atom stereocenters. The van der Waals surface area contributed by atoms with Gasteiger partial charge in [0, 0.05) is 18.7 Å². The highest BCUT2D eigenvalue weighted by Gasteiger charge is 2.29. The first-order chi connectivity index (χ1) is 8.50. The minimum Gasteiger partial charge on any atom is -0.389 e. The van der Waals surface area contributed by atoms with Crippen LogP contribution in [0.4, 0.5) is 5.69 Å². The Morgan fingerprint density at radius 1 is 1.61 bits per heavy atom. The van der Waals surface area contributed by atoms with Crippen LogP contribution < -0.4 is 11.1 Å². The standard InChI is InChI=1S/C13H17ClN2OS/c1-13(5-2-6-17-13)8-16-11-4-3-9(12(15)18)7-10(11)14/h3-4,7,16H,2,5-6,8H2,1H3,(H2,15,18). The van der Waals surface area contributed by atoms with Crippen molar-refractivity contribution in [2.45, 2.75) is 25.4 Å². The predicted octanol–water partition coefficient (Wildman–Crippen LogP) is 2.96. The second-order valence-corrected chi connectivity index (χ2v) is 5.66. The van der Waals surface area contributed by atoms with Gasteiger partial charge in [-0.2, -0.15) is 0 Å². The van der Waals surface area contributed by atoms with E-state index in [0.717, 1.165) is 37.2 Å². The molecule has 1 saturated heterocycles. The number of nitrogens with one attached hydrogen (secondary N) is 1. The van der Waals surface area contributed by atoms with Crippen molar-refractivity contribution in [3.63, 3.8) is 0 Å². The lowest BCUT2D eigenvalue weighted by Gasteiger charge is -2.24. The van der Waals surface area contributed by atoms with E-state index in [4.69, 9.17) is 34.3 Å². The van der Waals surface area contributed by atoms with Crippen LogP contribution in [0.2, 0.25) is 5.02 Å². The average Bonchev–Trinajstić information content (AvgIpc) is 2.75. The van der Waals surface area contributed by atoms with E-state index in [-0.39, 0.29) is 5.60 Å². The van der Waals surface area contributed by atoms with E-state index in [9.17, 15) is 0 Å². The van der Waals surface area contributed by atoms with E-state index in [1.807, 2.05) is 12.1 Å². The van der Waals surface area contributed by atoms with Gasteiger partial charge in [0.1, 0.15) is 4.99 Å². The Hall–Kier alpha value is -0.840. The van der Waals surface area contributed by atoms with Crippen LogP contribution in [0.3, 0.4) is 0 Å². The highest BCUT2D eigenvalue weighted by Crippen LogP contribution is 2.28. The first kappa shape index (κ1) is 13.6. The number of anilines is 1. The van der Waals surface area contributed by atoms with Crippen LogP contribution in [0.15, 0.2) is 18.2 Å². The Labute approximate surface area is 118 Å². The Bertz CT molecular complexity index is 458. The molecular weight excluding hydrogens is 268 g/mol. The zero-order valence-electron chi connectivity index (χ0n) is 10.3. The molecule has 0 aliphatic carbocycles. The van der Waals surface area contributed by atoms with E-state index in [1.165, 1.54) is 0 Å². The molecule has 0 saturated carbocycles. The van der Waals surface area contributed by atoms with Crippen LogP contribution in [-0.4, -0.2) is 23.7 Å². The van der Waals surface area contributed by atoms with Crippen molar-refractivity contribution in [2.75, 3.05) is 18.5 Å². The van der Waals surface area contributed by atoms with Gasteiger partial charge in [-0.3, -0.25) is 0 Å². The molecule has 2 rings (SSSR count). The third kappa shape index (κ3) is 3.13. The van der Waals surface area contributed by atoms with Gasteiger partial charge in [-0.05, 0) is 38.0 Å². The summed E-state index contributed by atoms with van der Waals surface area (Å²) >= 11 is 11.1. The lowest BCUT2D eigenvalue weighted by molar-refractivity contribution is 0.0315. The van der Waals surface area contributed by atoms with Gasteiger partial charge in [-0.25, -0.2) is 0 Å². The minimum absolute atomic E-state index is 0.0921. The Morgan fingerprint density at radius 3 is 2.94 bits per heavy atom. The molecule has 1 aromatic carbocycles. The maximum absolute atomic E-state index is 6.19. The molecule has 1 aliphatic heterocycles. The first-order valence-corrected chi connectivity index (χ1v) is 6.76. The molecule has 0 spiro atoms. The quantitative estimate of drug-likeness (QED) is 0.835. The summed E-state index contributed by atoms with van der Waals surface area (Å²) < 4.78 is 5.72. The molecule has 0 aromatic heterocycles. The van der Waals surface area contributed by atoms with E-state index in [1.54, 1.807) is 6.07 Å². The molecule has 1 unspecified atom stereocenters. The van der Waals surface area contributed by atoms with Crippen molar-refractivity contribution >= 4 is 34.5 Å². The fraction of sp³-hybridized carbons (Fsp3) is 0.462. The molecule has 5 heteroatoms. The molecule has 0 amide bonds. The molecule has 0 bridgehead atoms. The van der Waals surface area contributed by atoms with Gasteiger partial charge in [-0.15, -0.1) is 0 Å². The second-order valence-electron chi connectivity index (χ2n) is 4.81. The summed E-state index contributed by atoms with van der Waals surface area (Å²) in [5, 5.41) is 3.95. The summed E-state index contributed by atoms with van der Waals surface area (Å²) in [6.45, 7) is 3.70. The highest BCUT2D eigenvalue weighted by molar-refractivity contribution is 7.80. The number of thiocarbonyl (C=S) groups is 1. The number of ether oxygens (including phenoxy) is 1. The minimum atomic E-state index is -0.0921. The molecular formula is C13H17ClN2OS. The van der Waals surface area contributed by atoms with Crippen LogP contribution in [-0.2, 0) is 4.74 Å². The average molecular weight is 285 g/mol. The lowest BCUT2D eigenvalue weighted by atomic mass is 10.0. The fourth-order valence-electron chi connectivity index (χ4n) is 2.07. The fourth-order valence-corrected chi connectivity index (χ4v) is 2.44. The molecule has 1 aliphatic rings. The molecule has 98 valence electrons. The number of benzene rings is 1. The Morgan fingerprint density at radius 2 is 2.39 bits per heavy atom. The van der Waals surface area contributed by atoms with E-state index >= 15 is 0 Å². The molecule has 0 radical (unpaired) electrons. The van der Waals surface area contributed by atoms with Crippen molar-refractivity contribution in [1.29, 1.82) is 0 Å². The van der Waals surface area contributed by atoms with Crippen molar-refractivity contribution < 1.29 is 4.74 Å². The summed E-state index contributed by atoms with van der Waals surface area (Å²) in [7, 11) is 0. The van der Waals surface area contributed by atoms with Gasteiger partial charge in [0.25, 0.3) is 0 Å². The number of nitrogens with two attached hydrogens (primary N) is 1. The maximum Gasteiger partial charge on any atom is 0.104 e. The number of halogens is 1. The van der Waals surface area contributed by atoms with Gasteiger partial charge >= 0.3 is 0 Å². The number of rotatable bonds is 4. The molecule has 3 nitrogen and oxygen atoms in total. The predicted molar refractivity (Wildman–Crippen MR) is 79.4 cm³/mol. The third-order valence-electron chi connectivity index (χ3n) is 3.21. The topological polar surface area (TPSA) is 47.3 Å². The Balaban J connectivity index is 2.03. The molecule has 1 heterocycles. The van der Waals surface area contributed by atoms with Crippen molar-refractivity contribution in [3.05, 3.63) is 28.8 Å². The SMILES string of the molecule is CC1(CNc2ccc(C(N)=S)cc2Cl)CCCO1. The lowest BCUT2D eigenvalue weighted by Crippen LogP contribution is -2.32. The van der Waals surface area contributed by atoms with Gasteiger partial charge in [-0.1, -0.05) is 23.8 Å². The normalized spacial score (nSPS) is 23.0. The Kier molecular flexibility index (Phi) is 4.10. The van der Waals surface area contributed by atoms with Crippen LogP contribution in [0.25, 0.3) is 0 Å². The summed E-state index contributed by atoms with van der Waals surface area (Å²) in [6.07, 6.45) is 2.19. The van der Waals surface area contributed by atoms with Gasteiger partial charge in [0.15, 0.2) is 0 Å². The summed E-state index contributed by atoms with van der Waals surface area (Å²) in [5.41, 5.74) is 7.13. The maximum atomic E-state index is 6.19. The zero-order chi connectivity index (χ0) is 13.2. The smallest absolute Gasteiger partial charge is 0.104 e. The molecule has 18 heavy (non-hydrogen) atoms. The third-order valence-corrected chi connectivity index (χ3v) is 3.76. The van der Waals surface area contributed by atoms with Gasteiger partial charge in [0.05, 0.1) is 16.3 Å². The highest BCUT2D eigenvalue weighted by atomic mass is 35.5. The van der Waals surface area contributed by atoms with Crippen LogP contribution in [0, 0.1) is 0 Å². The van der Waals surface area contributed by atoms with Crippen LogP contribution in [0.5, 0.6) is 0 Å². The second kappa shape index (κ2) is 5.43. The largest absolute Gasteiger partial charge is 0.389 e. The van der Waals surface area contributed by atoms with Gasteiger partial charge < -0.3 is 15.8 Å². The van der Waals surface area contributed by atoms with E-state index < -0.39 is 0 Å². The van der Waals surface area contributed by atoms with E-state index in [2.05, 4.69) is 12.2 Å². The summed E-state index contributed by atoms with van der Waals surface area (Å²) in [6, 6.07) is 5.55. The monoisotopic (exact) mass is 284 g/mol. The molecule has 1 aromatic rings. The molecule has 3 N–H and O–H groups in total. The first-order valence-electron chi connectivity index (χ1n) is 5.97. The molecule has 1 fully saturated rings. The number of hydrogen-bond acceptors (Lipinski definition) is 3. The van der Waals surface area contributed by atoms with Gasteiger partial charge in [0.2, 0.25) is 0 Å². The van der Waals surface area contributed by atoms with Crippen LogP contribution in [0.1, 0.15) is 25.3 Å².